The molecule has 0 unspecified atom stereocenters. The summed E-state index contributed by atoms with van der Waals surface area (Å²) in [5.74, 6) is 1.91. The second-order valence-corrected chi connectivity index (χ2v) is 8.00. The number of allylic oxidation sites excluding steroid dienone is 2. The van der Waals surface area contributed by atoms with Gasteiger partial charge in [0.15, 0.2) is 15.7 Å². The van der Waals surface area contributed by atoms with Gasteiger partial charge >= 0.3 is 0 Å². The van der Waals surface area contributed by atoms with E-state index in [1.54, 1.807) is 30.3 Å². The van der Waals surface area contributed by atoms with E-state index in [0.29, 0.717) is 17.7 Å². The summed E-state index contributed by atoms with van der Waals surface area (Å²) in [5.41, 5.74) is 0. The highest BCUT2D eigenvalue weighted by Gasteiger charge is 2.39. The van der Waals surface area contributed by atoms with Crippen molar-refractivity contribution in [1.29, 1.82) is 0 Å². The Kier molecular flexibility index (Phi) is 3.14. The molecule has 2 aliphatic rings. The van der Waals surface area contributed by atoms with Crippen LogP contribution in [-0.2, 0) is 15.6 Å². The van der Waals surface area contributed by atoms with Gasteiger partial charge in [-0.2, -0.15) is 4.98 Å². The van der Waals surface area contributed by atoms with Crippen molar-refractivity contribution < 1.29 is 12.9 Å². The fourth-order valence-corrected chi connectivity index (χ4v) is 4.62. The molecule has 1 aromatic heterocycles. The first kappa shape index (κ1) is 13.7. The van der Waals surface area contributed by atoms with E-state index in [4.69, 9.17) is 4.52 Å². The maximum atomic E-state index is 12.3. The Morgan fingerprint density at radius 3 is 2.64 bits per heavy atom. The molecular formula is C16H16N2O3S. The van der Waals surface area contributed by atoms with Gasteiger partial charge in [-0.15, -0.1) is 0 Å². The van der Waals surface area contributed by atoms with Crippen LogP contribution in [0.1, 0.15) is 30.5 Å². The number of hydrogen-bond acceptors (Lipinski definition) is 5. The molecule has 4 rings (SSSR count). The first-order valence-electron chi connectivity index (χ1n) is 7.40. The highest BCUT2D eigenvalue weighted by molar-refractivity contribution is 7.90. The summed E-state index contributed by atoms with van der Waals surface area (Å²) in [7, 11) is -3.43. The van der Waals surface area contributed by atoms with Crippen LogP contribution in [0.5, 0.6) is 0 Å². The van der Waals surface area contributed by atoms with Gasteiger partial charge in [0.25, 0.3) is 0 Å². The van der Waals surface area contributed by atoms with E-state index in [0.717, 1.165) is 12.8 Å². The minimum Gasteiger partial charge on any atom is -0.339 e. The van der Waals surface area contributed by atoms with Gasteiger partial charge in [-0.25, -0.2) is 8.42 Å². The largest absolute Gasteiger partial charge is 0.339 e. The van der Waals surface area contributed by atoms with Gasteiger partial charge < -0.3 is 4.52 Å². The molecule has 2 bridgehead atoms. The molecule has 1 heterocycles. The van der Waals surface area contributed by atoms with Gasteiger partial charge in [0.2, 0.25) is 5.89 Å². The fraction of sp³-hybridized carbons (Fsp3) is 0.375. The van der Waals surface area contributed by atoms with Crippen molar-refractivity contribution in [3.63, 3.8) is 0 Å². The molecule has 0 amide bonds. The highest BCUT2D eigenvalue weighted by atomic mass is 32.2. The molecule has 0 saturated heterocycles. The lowest BCUT2D eigenvalue weighted by molar-refractivity contribution is 0.334. The molecule has 2 aromatic rings. The standard InChI is InChI=1S/C16H16N2O3S/c19-22(20,13-4-2-1-3-5-13)10-15-17-16(21-18-15)14-9-11-6-7-12(14)8-11/h1-7,11-12,14H,8-10H2/t11-,12+,14-/m1/s1. The second-order valence-electron chi connectivity index (χ2n) is 6.01. The maximum absolute atomic E-state index is 12.3. The van der Waals surface area contributed by atoms with E-state index in [-0.39, 0.29) is 22.4 Å². The zero-order valence-corrected chi connectivity index (χ0v) is 12.7. The lowest BCUT2D eigenvalue weighted by Gasteiger charge is -2.12. The monoisotopic (exact) mass is 316 g/mol. The third kappa shape index (κ3) is 2.37. The van der Waals surface area contributed by atoms with E-state index in [1.807, 2.05) is 0 Å². The molecule has 114 valence electrons. The molecule has 6 heteroatoms. The highest BCUT2D eigenvalue weighted by Crippen LogP contribution is 2.48. The number of aromatic nitrogens is 2. The molecule has 1 aromatic carbocycles. The van der Waals surface area contributed by atoms with E-state index in [9.17, 15) is 8.42 Å². The van der Waals surface area contributed by atoms with E-state index < -0.39 is 9.84 Å². The predicted octanol–water partition coefficient (Wildman–Crippen LogP) is 2.72. The van der Waals surface area contributed by atoms with Crippen molar-refractivity contribution in [3.05, 3.63) is 54.2 Å². The van der Waals surface area contributed by atoms with Crippen LogP contribution in [0.15, 0.2) is 51.9 Å². The Morgan fingerprint density at radius 1 is 1.14 bits per heavy atom. The summed E-state index contributed by atoms with van der Waals surface area (Å²) in [4.78, 5) is 4.61. The van der Waals surface area contributed by atoms with E-state index >= 15 is 0 Å². The smallest absolute Gasteiger partial charge is 0.230 e. The lowest BCUT2D eigenvalue weighted by atomic mass is 9.94. The van der Waals surface area contributed by atoms with Crippen LogP contribution < -0.4 is 0 Å². The SMILES string of the molecule is O=S(=O)(Cc1noc([C@@H]2C[C@@H]3C=C[C@H]2C3)n1)c1ccccc1. The lowest BCUT2D eigenvalue weighted by Crippen LogP contribution is -2.08. The Bertz CT molecular complexity index is 811. The predicted molar refractivity (Wildman–Crippen MR) is 79.7 cm³/mol. The van der Waals surface area contributed by atoms with Crippen molar-refractivity contribution in [2.45, 2.75) is 29.4 Å². The first-order valence-corrected chi connectivity index (χ1v) is 9.06. The summed E-state index contributed by atoms with van der Waals surface area (Å²) in [6.45, 7) is 0. The van der Waals surface area contributed by atoms with E-state index in [1.165, 1.54) is 0 Å². The van der Waals surface area contributed by atoms with Gasteiger partial charge in [0.1, 0.15) is 5.75 Å². The number of sulfone groups is 1. The second kappa shape index (κ2) is 5.05. The van der Waals surface area contributed by atoms with Crippen molar-refractivity contribution in [2.75, 3.05) is 0 Å². The Hall–Kier alpha value is -1.95. The number of hydrogen-bond donors (Lipinski definition) is 0. The third-order valence-corrected chi connectivity index (χ3v) is 6.13. The minimum atomic E-state index is -3.43. The number of rotatable bonds is 4. The van der Waals surface area contributed by atoms with Crippen LogP contribution in [0.25, 0.3) is 0 Å². The molecule has 3 atom stereocenters. The van der Waals surface area contributed by atoms with Gasteiger partial charge in [-0.1, -0.05) is 35.5 Å². The maximum Gasteiger partial charge on any atom is 0.230 e. The number of fused-ring (bicyclic) bond motifs is 2. The average molecular weight is 316 g/mol. The Balaban J connectivity index is 1.54. The molecule has 0 N–H and O–H groups in total. The van der Waals surface area contributed by atoms with Crippen LogP contribution in [0.4, 0.5) is 0 Å². The van der Waals surface area contributed by atoms with Crippen molar-refractivity contribution in [3.8, 4) is 0 Å². The zero-order chi connectivity index (χ0) is 15.2. The van der Waals surface area contributed by atoms with Crippen LogP contribution in [0.2, 0.25) is 0 Å². The summed E-state index contributed by atoms with van der Waals surface area (Å²) >= 11 is 0. The summed E-state index contributed by atoms with van der Waals surface area (Å²) in [5, 5.41) is 3.87. The number of nitrogens with zero attached hydrogens (tertiary/aromatic N) is 2. The Labute approximate surface area is 129 Å². The molecule has 5 nitrogen and oxygen atoms in total. The first-order chi connectivity index (χ1) is 10.6. The molecule has 1 saturated carbocycles. The van der Waals surface area contributed by atoms with Gasteiger partial charge in [0, 0.05) is 5.92 Å². The minimum absolute atomic E-state index is 0.225. The van der Waals surface area contributed by atoms with Crippen LogP contribution in [0, 0.1) is 11.8 Å². The zero-order valence-electron chi connectivity index (χ0n) is 11.9. The van der Waals surface area contributed by atoms with Gasteiger partial charge in [-0.05, 0) is 36.8 Å². The average Bonchev–Trinajstić information content (AvgIpc) is 3.23. The topological polar surface area (TPSA) is 73.1 Å². The van der Waals surface area contributed by atoms with Crippen molar-refractivity contribution >= 4 is 9.84 Å². The fourth-order valence-electron chi connectivity index (χ4n) is 3.42. The normalized spacial score (nSPS) is 26.6. The van der Waals surface area contributed by atoms with Gasteiger partial charge in [-0.3, -0.25) is 0 Å². The molecule has 22 heavy (non-hydrogen) atoms. The third-order valence-electron chi connectivity index (χ3n) is 4.50. The summed E-state index contributed by atoms with van der Waals surface area (Å²) in [6.07, 6.45) is 6.63. The Morgan fingerprint density at radius 2 is 1.95 bits per heavy atom. The van der Waals surface area contributed by atoms with Crippen LogP contribution in [0.3, 0.4) is 0 Å². The van der Waals surface area contributed by atoms with E-state index in [2.05, 4.69) is 22.3 Å². The van der Waals surface area contributed by atoms with Crippen molar-refractivity contribution in [1.82, 2.24) is 10.1 Å². The molecule has 2 aliphatic carbocycles. The van der Waals surface area contributed by atoms with Crippen molar-refractivity contribution in [2.24, 2.45) is 11.8 Å². The number of benzene rings is 1. The van der Waals surface area contributed by atoms with Gasteiger partial charge in [0.05, 0.1) is 4.90 Å². The molecule has 0 radical (unpaired) electrons. The molecule has 0 spiro atoms. The summed E-state index contributed by atoms with van der Waals surface area (Å²) < 4.78 is 30.0. The summed E-state index contributed by atoms with van der Waals surface area (Å²) in [6, 6.07) is 8.36. The molecular weight excluding hydrogens is 300 g/mol. The quantitative estimate of drug-likeness (QED) is 0.811. The molecule has 1 fully saturated rings. The molecule has 0 aliphatic heterocycles. The van der Waals surface area contributed by atoms with Crippen LogP contribution >= 0.6 is 0 Å². The van der Waals surface area contributed by atoms with Crippen LogP contribution in [-0.4, -0.2) is 18.6 Å².